The van der Waals surface area contributed by atoms with Crippen LogP contribution in [0.3, 0.4) is 0 Å². The Morgan fingerprint density at radius 3 is 2.48 bits per heavy atom. The van der Waals surface area contributed by atoms with Crippen LogP contribution in [0, 0.1) is 0 Å². The molecule has 6 aromatic rings. The van der Waals surface area contributed by atoms with Crippen molar-refractivity contribution in [2.45, 2.75) is 0 Å². The lowest BCUT2D eigenvalue weighted by atomic mass is 10.0. The van der Waals surface area contributed by atoms with Gasteiger partial charge in [-0.2, -0.15) is 0 Å². The summed E-state index contributed by atoms with van der Waals surface area (Å²) in [5.74, 6) is 0. The third kappa shape index (κ3) is 2.14. The number of hydrogen-bond donors (Lipinski definition) is 0. The normalized spacial score (nSPS) is 11.9. The Balaban J connectivity index is 1.81. The van der Waals surface area contributed by atoms with Crippen molar-refractivity contribution in [3.8, 4) is 11.3 Å². The number of halogens is 1. The molecule has 5 heteroatoms. The molecule has 0 aliphatic rings. The van der Waals surface area contributed by atoms with Gasteiger partial charge in [0.1, 0.15) is 11.2 Å². The molecule has 3 aromatic carbocycles. The molecule has 3 heterocycles. The number of nitrogens with zero attached hydrogens (tertiary/aromatic N) is 2. The highest BCUT2D eigenvalue weighted by atomic mass is 35.5. The van der Waals surface area contributed by atoms with Gasteiger partial charge in [0.15, 0.2) is 0 Å². The van der Waals surface area contributed by atoms with Gasteiger partial charge in [-0.25, -0.2) is 9.97 Å². The van der Waals surface area contributed by atoms with Gasteiger partial charge in [-0.3, -0.25) is 0 Å². The Labute approximate surface area is 162 Å². The molecule has 0 N–H and O–H groups in total. The Bertz CT molecular complexity index is 1500. The Kier molecular flexibility index (Phi) is 3.10. The molecule has 0 fully saturated rings. The molecule has 0 spiro atoms. The van der Waals surface area contributed by atoms with Crippen molar-refractivity contribution in [2.75, 3.05) is 0 Å². The minimum Gasteiger partial charge on any atom is -0.456 e. The molecule has 0 bridgehead atoms. The molecule has 0 amide bonds. The molecule has 6 rings (SSSR count). The fourth-order valence-corrected chi connectivity index (χ4v) is 5.03. The highest BCUT2D eigenvalue weighted by Gasteiger charge is 2.19. The smallest absolute Gasteiger partial charge is 0.223 e. The average Bonchev–Trinajstić information content (AvgIpc) is 3.25. The van der Waals surface area contributed by atoms with Crippen LogP contribution >= 0.6 is 22.9 Å². The summed E-state index contributed by atoms with van der Waals surface area (Å²) in [6.07, 6.45) is 0. The maximum atomic E-state index is 6.33. The summed E-state index contributed by atoms with van der Waals surface area (Å²) >= 11 is 8.03. The van der Waals surface area contributed by atoms with E-state index in [9.17, 15) is 0 Å². The second kappa shape index (κ2) is 5.52. The summed E-state index contributed by atoms with van der Waals surface area (Å²) in [5, 5.41) is 3.49. The summed E-state index contributed by atoms with van der Waals surface area (Å²) in [7, 11) is 0. The van der Waals surface area contributed by atoms with Crippen molar-refractivity contribution in [3.05, 3.63) is 72.0 Å². The van der Waals surface area contributed by atoms with E-state index in [1.165, 1.54) is 4.70 Å². The summed E-state index contributed by atoms with van der Waals surface area (Å²) < 4.78 is 8.26. The lowest BCUT2D eigenvalue weighted by Gasteiger charge is -2.05. The Hall–Kier alpha value is -2.95. The average molecular weight is 387 g/mol. The Morgan fingerprint density at radius 2 is 1.56 bits per heavy atom. The van der Waals surface area contributed by atoms with E-state index < -0.39 is 0 Å². The molecule has 0 saturated heterocycles. The molecule has 27 heavy (non-hydrogen) atoms. The van der Waals surface area contributed by atoms with Crippen molar-refractivity contribution < 1.29 is 4.42 Å². The number of fused-ring (bicyclic) bond motifs is 6. The third-order valence-corrected chi connectivity index (χ3v) is 6.19. The largest absolute Gasteiger partial charge is 0.456 e. The highest BCUT2D eigenvalue weighted by Crippen LogP contribution is 2.42. The summed E-state index contributed by atoms with van der Waals surface area (Å²) in [5.41, 5.74) is 4.47. The van der Waals surface area contributed by atoms with Crippen LogP contribution in [0.2, 0.25) is 5.28 Å². The molecule has 0 aliphatic heterocycles. The van der Waals surface area contributed by atoms with Crippen molar-refractivity contribution in [2.24, 2.45) is 0 Å². The lowest BCUT2D eigenvalue weighted by Crippen LogP contribution is -1.89. The number of furan rings is 1. The zero-order valence-electron chi connectivity index (χ0n) is 13.9. The van der Waals surface area contributed by atoms with Gasteiger partial charge >= 0.3 is 0 Å². The van der Waals surface area contributed by atoms with E-state index in [0.29, 0.717) is 0 Å². The zero-order valence-corrected chi connectivity index (χ0v) is 15.5. The Morgan fingerprint density at radius 1 is 0.778 bits per heavy atom. The van der Waals surface area contributed by atoms with Crippen molar-refractivity contribution in [1.29, 1.82) is 0 Å². The van der Waals surface area contributed by atoms with Gasteiger partial charge < -0.3 is 4.42 Å². The number of rotatable bonds is 1. The monoisotopic (exact) mass is 386 g/mol. The van der Waals surface area contributed by atoms with Crippen LogP contribution in [0.5, 0.6) is 0 Å². The van der Waals surface area contributed by atoms with E-state index in [4.69, 9.17) is 16.0 Å². The lowest BCUT2D eigenvalue weighted by molar-refractivity contribution is 0.669. The standard InChI is InChI=1S/C22H11ClN2OS/c23-22-24-19-13-7-2-4-11-17(13)27-21(19)20(25-22)14-8-5-10-16-18(14)12-6-1-3-9-15(12)26-16/h1-11H. The zero-order chi connectivity index (χ0) is 18.0. The molecule has 0 atom stereocenters. The van der Waals surface area contributed by atoms with Crippen molar-refractivity contribution in [1.82, 2.24) is 9.97 Å². The number of para-hydroxylation sites is 1. The molecule has 0 radical (unpaired) electrons. The van der Waals surface area contributed by atoms with E-state index in [2.05, 4.69) is 34.2 Å². The molecule has 3 aromatic heterocycles. The first-order valence-corrected chi connectivity index (χ1v) is 9.74. The minimum atomic E-state index is 0.255. The SMILES string of the molecule is Clc1nc(-c2cccc3oc4ccccc4c23)c2sc3ccccc3c2n1. The third-order valence-electron chi connectivity index (χ3n) is 4.85. The summed E-state index contributed by atoms with van der Waals surface area (Å²) in [6.45, 7) is 0. The first-order chi connectivity index (χ1) is 13.3. The van der Waals surface area contributed by atoms with E-state index in [1.807, 2.05) is 42.5 Å². The fourth-order valence-electron chi connectivity index (χ4n) is 3.72. The molecule has 0 unspecified atom stereocenters. The van der Waals surface area contributed by atoms with Gasteiger partial charge in [0.25, 0.3) is 0 Å². The fraction of sp³-hybridized carbons (Fsp3) is 0. The molecular weight excluding hydrogens is 376 g/mol. The second-order valence-electron chi connectivity index (χ2n) is 6.39. The van der Waals surface area contributed by atoms with Crippen LogP contribution in [0.25, 0.3) is 53.5 Å². The van der Waals surface area contributed by atoms with E-state index in [0.717, 1.165) is 48.8 Å². The summed E-state index contributed by atoms with van der Waals surface area (Å²) in [6, 6.07) is 22.4. The van der Waals surface area contributed by atoms with Gasteiger partial charge in [0.05, 0.1) is 15.9 Å². The maximum Gasteiger partial charge on any atom is 0.223 e. The number of hydrogen-bond acceptors (Lipinski definition) is 4. The number of benzene rings is 3. The number of thiophene rings is 1. The van der Waals surface area contributed by atoms with E-state index >= 15 is 0 Å². The first-order valence-electron chi connectivity index (χ1n) is 8.55. The van der Waals surface area contributed by atoms with Gasteiger partial charge in [0, 0.05) is 26.4 Å². The quantitative estimate of drug-likeness (QED) is 0.284. The van der Waals surface area contributed by atoms with Gasteiger partial charge in [0.2, 0.25) is 5.28 Å². The maximum absolute atomic E-state index is 6.33. The second-order valence-corrected chi connectivity index (χ2v) is 7.78. The number of aromatic nitrogens is 2. The van der Waals surface area contributed by atoms with Crippen LogP contribution in [-0.2, 0) is 0 Å². The van der Waals surface area contributed by atoms with E-state index in [-0.39, 0.29) is 5.28 Å². The van der Waals surface area contributed by atoms with Gasteiger partial charge in [-0.05, 0) is 29.8 Å². The van der Waals surface area contributed by atoms with E-state index in [1.54, 1.807) is 11.3 Å². The first kappa shape index (κ1) is 15.1. The van der Waals surface area contributed by atoms with Crippen molar-refractivity contribution >= 4 is 65.2 Å². The van der Waals surface area contributed by atoms with Crippen molar-refractivity contribution in [3.63, 3.8) is 0 Å². The van der Waals surface area contributed by atoms with Crippen LogP contribution in [-0.4, -0.2) is 9.97 Å². The highest BCUT2D eigenvalue weighted by molar-refractivity contribution is 7.26. The molecule has 0 saturated carbocycles. The molecule has 0 aliphatic carbocycles. The summed E-state index contributed by atoms with van der Waals surface area (Å²) in [4.78, 5) is 9.15. The van der Waals surface area contributed by atoms with Crippen LogP contribution in [0.1, 0.15) is 0 Å². The predicted molar refractivity (Wildman–Crippen MR) is 113 cm³/mol. The molecule has 128 valence electrons. The molecular formula is C22H11ClN2OS. The van der Waals surface area contributed by atoms with Gasteiger partial charge in [-0.15, -0.1) is 11.3 Å². The molecule has 3 nitrogen and oxygen atoms in total. The van der Waals surface area contributed by atoms with Crippen LogP contribution in [0.4, 0.5) is 0 Å². The van der Waals surface area contributed by atoms with Crippen LogP contribution in [0.15, 0.2) is 71.1 Å². The van der Waals surface area contributed by atoms with Gasteiger partial charge in [-0.1, -0.05) is 48.5 Å². The predicted octanol–water partition coefficient (Wildman–Crippen LogP) is 7.06. The minimum absolute atomic E-state index is 0.255. The topological polar surface area (TPSA) is 38.9 Å². The van der Waals surface area contributed by atoms with Crippen LogP contribution < -0.4 is 0 Å².